The lowest BCUT2D eigenvalue weighted by Gasteiger charge is -2.28. The maximum absolute atomic E-state index is 12.8. The van der Waals surface area contributed by atoms with Gasteiger partial charge in [-0.25, -0.2) is 8.42 Å². The summed E-state index contributed by atoms with van der Waals surface area (Å²) in [4.78, 5) is 12.6. The molecule has 160 valence electrons. The van der Waals surface area contributed by atoms with E-state index in [9.17, 15) is 26.4 Å². The van der Waals surface area contributed by atoms with Crippen molar-refractivity contribution >= 4 is 27.3 Å². The van der Waals surface area contributed by atoms with Crippen molar-refractivity contribution in [1.29, 1.82) is 0 Å². The highest BCUT2D eigenvalue weighted by Gasteiger charge is 2.31. The molecular weight excluding hydrogens is 431 g/mol. The van der Waals surface area contributed by atoms with E-state index in [2.05, 4.69) is 15.4 Å². The quantitative estimate of drug-likeness (QED) is 0.557. The standard InChI is InChI=1S/C21H16F3N3O3S/c22-21(23,24)15-4-3-5-16(12-15)25-20(28)14-10-8-13(9-11-14)19-26-17-6-1-2-7-18(17)31(29,30)27-19/h1-12,19,26-27H,(H,25,28). The molecule has 3 aromatic rings. The minimum Gasteiger partial charge on any atom is -0.364 e. The summed E-state index contributed by atoms with van der Waals surface area (Å²) in [5, 5.41) is 5.51. The highest BCUT2D eigenvalue weighted by molar-refractivity contribution is 7.89. The zero-order valence-corrected chi connectivity index (χ0v) is 16.6. The minimum absolute atomic E-state index is 0.0159. The van der Waals surface area contributed by atoms with E-state index in [-0.39, 0.29) is 16.1 Å². The van der Waals surface area contributed by atoms with Crippen LogP contribution in [0.25, 0.3) is 0 Å². The minimum atomic E-state index is -4.51. The number of nitrogens with one attached hydrogen (secondary N) is 3. The predicted molar refractivity (Wildman–Crippen MR) is 109 cm³/mol. The summed E-state index contributed by atoms with van der Waals surface area (Å²) in [6, 6.07) is 16.9. The van der Waals surface area contributed by atoms with Gasteiger partial charge < -0.3 is 10.6 Å². The van der Waals surface area contributed by atoms with Crippen molar-refractivity contribution in [2.45, 2.75) is 17.2 Å². The molecule has 0 aliphatic carbocycles. The van der Waals surface area contributed by atoms with Crippen LogP contribution in [0.1, 0.15) is 27.7 Å². The van der Waals surface area contributed by atoms with E-state index in [1.807, 2.05) is 0 Å². The van der Waals surface area contributed by atoms with Gasteiger partial charge in [-0.1, -0.05) is 30.3 Å². The van der Waals surface area contributed by atoms with Crippen molar-refractivity contribution in [3.63, 3.8) is 0 Å². The van der Waals surface area contributed by atoms with Crippen LogP contribution in [0.5, 0.6) is 0 Å². The Morgan fingerprint density at radius 3 is 2.35 bits per heavy atom. The van der Waals surface area contributed by atoms with Gasteiger partial charge in [-0.3, -0.25) is 4.79 Å². The van der Waals surface area contributed by atoms with Gasteiger partial charge in [0.1, 0.15) is 11.1 Å². The number of fused-ring (bicyclic) bond motifs is 1. The van der Waals surface area contributed by atoms with E-state index in [4.69, 9.17) is 0 Å². The average Bonchev–Trinajstić information content (AvgIpc) is 2.73. The van der Waals surface area contributed by atoms with Gasteiger partial charge in [0.25, 0.3) is 5.91 Å². The van der Waals surface area contributed by atoms with Gasteiger partial charge in [-0.15, -0.1) is 0 Å². The van der Waals surface area contributed by atoms with Crippen LogP contribution in [0.3, 0.4) is 0 Å². The molecule has 0 aromatic heterocycles. The molecule has 1 amide bonds. The largest absolute Gasteiger partial charge is 0.416 e. The Bertz CT molecular complexity index is 1240. The molecule has 0 saturated carbocycles. The number of benzene rings is 3. The van der Waals surface area contributed by atoms with Gasteiger partial charge in [0.05, 0.1) is 11.3 Å². The first-order valence-corrected chi connectivity index (χ1v) is 10.6. The second-order valence-corrected chi connectivity index (χ2v) is 8.53. The summed E-state index contributed by atoms with van der Waals surface area (Å²) < 4.78 is 65.9. The average molecular weight is 447 g/mol. The molecule has 1 aliphatic rings. The molecule has 10 heteroatoms. The third-order valence-electron chi connectivity index (χ3n) is 4.70. The van der Waals surface area contributed by atoms with Crippen LogP contribution in [0.15, 0.2) is 77.7 Å². The summed E-state index contributed by atoms with van der Waals surface area (Å²) >= 11 is 0. The molecule has 1 atom stereocenters. The molecule has 1 heterocycles. The van der Waals surface area contributed by atoms with Crippen LogP contribution >= 0.6 is 0 Å². The number of amides is 1. The third-order valence-corrected chi connectivity index (χ3v) is 6.18. The lowest BCUT2D eigenvalue weighted by Crippen LogP contribution is -2.38. The van der Waals surface area contributed by atoms with E-state index in [1.54, 1.807) is 30.3 Å². The molecule has 0 fully saturated rings. The Morgan fingerprint density at radius 2 is 1.65 bits per heavy atom. The fourth-order valence-electron chi connectivity index (χ4n) is 3.18. The number of halogens is 3. The van der Waals surface area contributed by atoms with Crippen LogP contribution in [0.2, 0.25) is 0 Å². The molecule has 3 N–H and O–H groups in total. The maximum Gasteiger partial charge on any atom is 0.416 e. The van der Waals surface area contributed by atoms with E-state index < -0.39 is 33.8 Å². The number of carbonyl (C=O) groups excluding carboxylic acids is 1. The molecule has 1 aliphatic heterocycles. The maximum atomic E-state index is 12.8. The number of hydrogen-bond donors (Lipinski definition) is 3. The Balaban J connectivity index is 1.51. The number of para-hydroxylation sites is 1. The van der Waals surface area contributed by atoms with E-state index >= 15 is 0 Å². The second-order valence-electron chi connectivity index (χ2n) is 6.85. The van der Waals surface area contributed by atoms with Gasteiger partial charge >= 0.3 is 6.18 Å². The Morgan fingerprint density at radius 1 is 0.935 bits per heavy atom. The van der Waals surface area contributed by atoms with E-state index in [1.165, 1.54) is 30.3 Å². The number of hydrogen-bond acceptors (Lipinski definition) is 4. The van der Waals surface area contributed by atoms with Crippen LogP contribution in [0, 0.1) is 0 Å². The first-order valence-electron chi connectivity index (χ1n) is 9.10. The summed E-state index contributed by atoms with van der Waals surface area (Å²) in [6.07, 6.45) is -5.25. The number of sulfonamides is 1. The van der Waals surface area contributed by atoms with Crippen LogP contribution < -0.4 is 15.4 Å². The molecule has 0 radical (unpaired) electrons. The molecule has 0 spiro atoms. The van der Waals surface area contributed by atoms with Gasteiger partial charge in [0.15, 0.2) is 0 Å². The predicted octanol–water partition coefficient (Wildman–Crippen LogP) is 4.36. The fourth-order valence-corrected chi connectivity index (χ4v) is 4.49. The first-order chi connectivity index (χ1) is 14.6. The normalized spacial score (nSPS) is 17.3. The van der Waals surface area contributed by atoms with Gasteiger partial charge in [0.2, 0.25) is 10.0 Å². The van der Waals surface area contributed by atoms with Gasteiger partial charge in [-0.05, 0) is 48.0 Å². The van der Waals surface area contributed by atoms with Crippen molar-refractivity contribution in [2.24, 2.45) is 0 Å². The topological polar surface area (TPSA) is 87.3 Å². The number of rotatable bonds is 3. The zero-order chi connectivity index (χ0) is 22.2. The van der Waals surface area contributed by atoms with Crippen LogP contribution in [-0.2, 0) is 16.2 Å². The lowest BCUT2D eigenvalue weighted by atomic mass is 10.1. The van der Waals surface area contributed by atoms with Crippen molar-refractivity contribution in [3.05, 3.63) is 89.5 Å². The zero-order valence-electron chi connectivity index (χ0n) is 15.8. The van der Waals surface area contributed by atoms with Crippen molar-refractivity contribution in [1.82, 2.24) is 4.72 Å². The van der Waals surface area contributed by atoms with Crippen LogP contribution in [0.4, 0.5) is 24.5 Å². The van der Waals surface area contributed by atoms with Gasteiger partial charge in [0, 0.05) is 11.3 Å². The Labute approximate surface area is 176 Å². The number of carbonyl (C=O) groups is 1. The molecular formula is C21H16F3N3O3S. The Kier molecular flexibility index (Phi) is 5.19. The summed E-state index contributed by atoms with van der Waals surface area (Å²) in [6.45, 7) is 0. The lowest BCUT2D eigenvalue weighted by molar-refractivity contribution is -0.137. The monoisotopic (exact) mass is 447 g/mol. The fraction of sp³-hybridized carbons (Fsp3) is 0.0952. The number of anilines is 2. The number of alkyl halides is 3. The van der Waals surface area contributed by atoms with Crippen molar-refractivity contribution in [3.8, 4) is 0 Å². The third kappa shape index (κ3) is 4.39. The second kappa shape index (κ2) is 7.71. The van der Waals surface area contributed by atoms with Gasteiger partial charge in [-0.2, -0.15) is 17.9 Å². The molecule has 0 saturated heterocycles. The smallest absolute Gasteiger partial charge is 0.364 e. The highest BCUT2D eigenvalue weighted by Crippen LogP contribution is 2.32. The summed E-state index contributed by atoms with van der Waals surface area (Å²) in [7, 11) is -3.71. The highest BCUT2D eigenvalue weighted by atomic mass is 32.2. The first kappa shape index (κ1) is 20.9. The van der Waals surface area contributed by atoms with Crippen molar-refractivity contribution < 1.29 is 26.4 Å². The molecule has 31 heavy (non-hydrogen) atoms. The van der Waals surface area contributed by atoms with E-state index in [0.29, 0.717) is 11.3 Å². The molecule has 6 nitrogen and oxygen atoms in total. The summed E-state index contributed by atoms with van der Waals surface area (Å²) in [5.41, 5.74) is 0.380. The van der Waals surface area contributed by atoms with Crippen LogP contribution in [-0.4, -0.2) is 14.3 Å². The molecule has 1 unspecified atom stereocenters. The molecule has 4 rings (SSSR count). The molecule has 3 aromatic carbocycles. The van der Waals surface area contributed by atoms with E-state index in [0.717, 1.165) is 12.1 Å². The Hall–Kier alpha value is -3.37. The molecule has 0 bridgehead atoms. The summed E-state index contributed by atoms with van der Waals surface area (Å²) in [5.74, 6) is -0.589. The van der Waals surface area contributed by atoms with Crippen molar-refractivity contribution in [2.75, 3.05) is 10.6 Å². The SMILES string of the molecule is O=C(Nc1cccc(C(F)(F)F)c1)c1ccc(C2Nc3ccccc3S(=O)(=O)N2)cc1.